The molecular formula is C24H25N3O3. The van der Waals surface area contributed by atoms with Crippen LogP contribution in [-0.2, 0) is 0 Å². The zero-order valence-corrected chi connectivity index (χ0v) is 17.2. The summed E-state index contributed by atoms with van der Waals surface area (Å²) in [7, 11) is 0. The molecule has 2 aliphatic rings. The highest BCUT2D eigenvalue weighted by Crippen LogP contribution is 2.41. The molecule has 6 nitrogen and oxygen atoms in total. The van der Waals surface area contributed by atoms with E-state index in [4.69, 9.17) is 9.47 Å². The number of likely N-dealkylation sites (tertiary alicyclic amines) is 1. The van der Waals surface area contributed by atoms with Crippen LogP contribution in [0.2, 0.25) is 0 Å². The summed E-state index contributed by atoms with van der Waals surface area (Å²) in [6.45, 7) is 5.12. The first-order chi connectivity index (χ1) is 14.6. The second kappa shape index (κ2) is 7.59. The molecule has 1 amide bonds. The Morgan fingerprint density at radius 1 is 1.13 bits per heavy atom. The number of hydrogen-bond donors (Lipinski definition) is 0. The highest BCUT2D eigenvalue weighted by Gasteiger charge is 2.49. The Balaban J connectivity index is 1.45. The van der Waals surface area contributed by atoms with E-state index in [9.17, 15) is 4.79 Å². The molecule has 1 aromatic carbocycles. The van der Waals surface area contributed by atoms with Gasteiger partial charge < -0.3 is 14.4 Å². The molecule has 1 saturated carbocycles. The molecule has 1 aliphatic heterocycles. The van der Waals surface area contributed by atoms with Crippen LogP contribution in [0.5, 0.6) is 11.8 Å². The lowest BCUT2D eigenvalue weighted by atomic mass is 10.0. The fourth-order valence-corrected chi connectivity index (χ4v) is 4.75. The molecule has 2 aromatic heterocycles. The maximum absolute atomic E-state index is 13.7. The lowest BCUT2D eigenvalue weighted by Crippen LogP contribution is -2.47. The maximum atomic E-state index is 13.7. The minimum atomic E-state index is -0.0404. The third kappa shape index (κ3) is 3.26. The summed E-state index contributed by atoms with van der Waals surface area (Å²) in [5.74, 6) is 1.45. The van der Waals surface area contributed by atoms with E-state index in [1.807, 2.05) is 61.3 Å². The molecule has 1 saturated heterocycles. The van der Waals surface area contributed by atoms with Gasteiger partial charge >= 0.3 is 0 Å². The lowest BCUT2D eigenvalue weighted by molar-refractivity contribution is 0.0464. The van der Waals surface area contributed by atoms with Gasteiger partial charge in [0.25, 0.3) is 5.91 Å². The number of benzene rings is 1. The number of fused-ring (bicyclic) bond motifs is 3. The lowest BCUT2D eigenvalue weighted by Gasteiger charge is -2.33. The van der Waals surface area contributed by atoms with E-state index >= 15 is 0 Å². The standard InChI is InChI=1S/C24H25N3O3/c1-3-29-23-22(18-7-5-4-6-17(18)13-26-23)24(28)27-14-16-10-19(27)20(11-16)30-21-9-8-15(2)12-25-21/h4-9,12-13,16,19-20H,3,10-11,14H2,1-2H3. The van der Waals surface area contributed by atoms with E-state index in [1.165, 1.54) is 0 Å². The molecule has 5 rings (SSSR count). The van der Waals surface area contributed by atoms with Gasteiger partial charge in [0, 0.05) is 35.8 Å². The second-order valence-corrected chi connectivity index (χ2v) is 8.15. The Labute approximate surface area is 175 Å². The Kier molecular flexibility index (Phi) is 4.77. The van der Waals surface area contributed by atoms with E-state index in [1.54, 1.807) is 6.20 Å². The summed E-state index contributed by atoms with van der Waals surface area (Å²) >= 11 is 0. The average molecular weight is 403 g/mol. The fourth-order valence-electron chi connectivity index (χ4n) is 4.75. The highest BCUT2D eigenvalue weighted by atomic mass is 16.5. The minimum Gasteiger partial charge on any atom is -0.477 e. The molecule has 6 heteroatoms. The first-order valence-corrected chi connectivity index (χ1v) is 10.5. The van der Waals surface area contributed by atoms with Crippen LogP contribution in [0, 0.1) is 12.8 Å². The van der Waals surface area contributed by atoms with Gasteiger partial charge in [0.05, 0.1) is 12.6 Å². The van der Waals surface area contributed by atoms with Crippen molar-refractivity contribution < 1.29 is 14.3 Å². The van der Waals surface area contributed by atoms with Gasteiger partial charge in [-0.15, -0.1) is 0 Å². The molecule has 3 atom stereocenters. The van der Waals surface area contributed by atoms with Crippen molar-refractivity contribution in [3.63, 3.8) is 0 Å². The van der Waals surface area contributed by atoms with Crippen molar-refractivity contribution in [2.24, 2.45) is 5.92 Å². The topological polar surface area (TPSA) is 64.5 Å². The molecule has 2 fully saturated rings. The smallest absolute Gasteiger partial charge is 0.260 e. The largest absolute Gasteiger partial charge is 0.477 e. The number of nitrogens with zero attached hydrogens (tertiary/aromatic N) is 3. The van der Waals surface area contributed by atoms with Gasteiger partial charge in [0.15, 0.2) is 0 Å². The highest BCUT2D eigenvalue weighted by molar-refractivity contribution is 6.09. The number of amides is 1. The monoisotopic (exact) mass is 403 g/mol. The van der Waals surface area contributed by atoms with Crippen molar-refractivity contribution in [3.8, 4) is 11.8 Å². The van der Waals surface area contributed by atoms with Crippen molar-refractivity contribution in [1.82, 2.24) is 14.9 Å². The number of rotatable bonds is 5. The first-order valence-electron chi connectivity index (χ1n) is 10.5. The molecule has 0 radical (unpaired) electrons. The Morgan fingerprint density at radius 3 is 2.77 bits per heavy atom. The van der Waals surface area contributed by atoms with E-state index in [0.717, 1.165) is 35.7 Å². The van der Waals surface area contributed by atoms with Gasteiger partial charge in [-0.1, -0.05) is 30.3 Å². The third-order valence-corrected chi connectivity index (χ3v) is 6.10. The normalized spacial score (nSPS) is 22.5. The molecule has 0 N–H and O–H groups in total. The summed E-state index contributed by atoms with van der Waals surface area (Å²) < 4.78 is 11.9. The summed E-state index contributed by atoms with van der Waals surface area (Å²) in [5, 5.41) is 1.81. The molecule has 154 valence electrons. The van der Waals surface area contributed by atoms with Crippen molar-refractivity contribution in [3.05, 3.63) is 59.9 Å². The molecule has 3 heterocycles. The van der Waals surface area contributed by atoms with Gasteiger partial charge in [-0.05, 0) is 38.2 Å². The fraction of sp³-hybridized carbons (Fsp3) is 0.375. The van der Waals surface area contributed by atoms with Crippen LogP contribution in [0.15, 0.2) is 48.8 Å². The van der Waals surface area contributed by atoms with Crippen LogP contribution >= 0.6 is 0 Å². The van der Waals surface area contributed by atoms with Crippen molar-refractivity contribution in [2.75, 3.05) is 13.2 Å². The first kappa shape index (κ1) is 18.9. The third-order valence-electron chi connectivity index (χ3n) is 6.10. The Bertz CT molecular complexity index is 1080. The maximum Gasteiger partial charge on any atom is 0.260 e. The summed E-state index contributed by atoms with van der Waals surface area (Å²) in [6, 6.07) is 11.8. The molecule has 30 heavy (non-hydrogen) atoms. The van der Waals surface area contributed by atoms with Gasteiger partial charge in [-0.3, -0.25) is 4.79 Å². The van der Waals surface area contributed by atoms with Gasteiger partial charge in [0.2, 0.25) is 11.8 Å². The van der Waals surface area contributed by atoms with Crippen LogP contribution in [0.25, 0.3) is 10.8 Å². The minimum absolute atomic E-state index is 0.0274. The van der Waals surface area contributed by atoms with E-state index in [-0.39, 0.29) is 18.1 Å². The second-order valence-electron chi connectivity index (χ2n) is 8.15. The average Bonchev–Trinajstić information content (AvgIpc) is 3.36. The zero-order chi connectivity index (χ0) is 20.7. The number of aromatic nitrogens is 2. The zero-order valence-electron chi connectivity index (χ0n) is 17.2. The number of carbonyl (C=O) groups is 1. The predicted molar refractivity (Wildman–Crippen MR) is 114 cm³/mol. The van der Waals surface area contributed by atoms with Crippen molar-refractivity contribution in [2.45, 2.75) is 38.8 Å². The Hall–Kier alpha value is -3.15. The van der Waals surface area contributed by atoms with Crippen LogP contribution in [0.1, 0.15) is 35.7 Å². The molecule has 0 spiro atoms. The number of ether oxygens (including phenoxy) is 2. The van der Waals surface area contributed by atoms with Crippen LogP contribution in [0.3, 0.4) is 0 Å². The number of hydrogen-bond acceptors (Lipinski definition) is 5. The summed E-state index contributed by atoms with van der Waals surface area (Å²) in [4.78, 5) is 24.5. The van der Waals surface area contributed by atoms with Gasteiger partial charge in [-0.25, -0.2) is 9.97 Å². The quantitative estimate of drug-likeness (QED) is 0.644. The van der Waals surface area contributed by atoms with Gasteiger partial charge in [-0.2, -0.15) is 0 Å². The van der Waals surface area contributed by atoms with E-state index in [0.29, 0.717) is 29.8 Å². The van der Waals surface area contributed by atoms with Crippen molar-refractivity contribution >= 4 is 16.7 Å². The summed E-state index contributed by atoms with van der Waals surface area (Å²) in [5.41, 5.74) is 1.65. The van der Waals surface area contributed by atoms with E-state index < -0.39 is 0 Å². The number of carbonyl (C=O) groups excluding carboxylic acids is 1. The molecule has 2 bridgehead atoms. The van der Waals surface area contributed by atoms with Crippen molar-refractivity contribution in [1.29, 1.82) is 0 Å². The van der Waals surface area contributed by atoms with E-state index in [2.05, 4.69) is 9.97 Å². The summed E-state index contributed by atoms with van der Waals surface area (Å²) in [6.07, 6.45) is 5.45. The number of pyridine rings is 2. The molecule has 3 unspecified atom stereocenters. The van der Waals surface area contributed by atoms with Crippen LogP contribution in [0.4, 0.5) is 0 Å². The van der Waals surface area contributed by atoms with Crippen LogP contribution < -0.4 is 9.47 Å². The molecular weight excluding hydrogens is 378 g/mol. The van der Waals surface area contributed by atoms with Crippen LogP contribution in [-0.4, -0.2) is 46.1 Å². The Morgan fingerprint density at radius 2 is 2.00 bits per heavy atom. The predicted octanol–water partition coefficient (Wildman–Crippen LogP) is 4.02. The SMILES string of the molecule is CCOc1ncc2ccccc2c1C(=O)N1CC2CC(Oc3ccc(C)cn3)C1C2. The number of aryl methyl sites for hydroxylation is 1. The number of piperidine rings is 1. The molecule has 3 aromatic rings. The van der Waals surface area contributed by atoms with Gasteiger partial charge in [0.1, 0.15) is 11.7 Å². The molecule has 1 aliphatic carbocycles.